The molecule has 0 unspecified atom stereocenters. The molecular formula is C26H26N6O. The molecule has 166 valence electrons. The average molecular weight is 439 g/mol. The highest BCUT2D eigenvalue weighted by Crippen LogP contribution is 2.29. The highest BCUT2D eigenvalue weighted by molar-refractivity contribution is 6.03. The number of aromatic nitrogens is 3. The normalized spacial score (nSPS) is 15.5. The van der Waals surface area contributed by atoms with Crippen molar-refractivity contribution in [2.45, 2.75) is 19.9 Å². The van der Waals surface area contributed by atoms with E-state index in [0.29, 0.717) is 0 Å². The Kier molecular flexibility index (Phi) is 5.03. The quantitative estimate of drug-likeness (QED) is 0.490. The second kappa shape index (κ2) is 8.33. The summed E-state index contributed by atoms with van der Waals surface area (Å²) in [5, 5.41) is 3.48. The summed E-state index contributed by atoms with van der Waals surface area (Å²) in [6, 6.07) is 15.0. The monoisotopic (exact) mass is 438 g/mol. The van der Waals surface area contributed by atoms with Gasteiger partial charge >= 0.3 is 0 Å². The Hall–Kier alpha value is -3.71. The molecule has 4 heterocycles. The van der Waals surface area contributed by atoms with Crippen LogP contribution in [-0.2, 0) is 11.3 Å². The Morgan fingerprint density at radius 2 is 1.91 bits per heavy atom. The van der Waals surface area contributed by atoms with Gasteiger partial charge in [0, 0.05) is 59.9 Å². The number of rotatable bonds is 5. The highest BCUT2D eigenvalue weighted by atomic mass is 16.5. The third-order valence-electron chi connectivity index (χ3n) is 6.37. The number of fused-ring (bicyclic) bond motifs is 2. The first-order chi connectivity index (χ1) is 16.3. The fourth-order valence-corrected chi connectivity index (χ4v) is 4.60. The van der Waals surface area contributed by atoms with Crippen LogP contribution in [0.1, 0.15) is 24.5 Å². The molecule has 1 fully saturated rings. The molecule has 2 aromatic carbocycles. The molecule has 0 aliphatic carbocycles. The summed E-state index contributed by atoms with van der Waals surface area (Å²) < 4.78 is 7.48. The second-order valence-corrected chi connectivity index (χ2v) is 8.39. The number of benzene rings is 2. The van der Waals surface area contributed by atoms with Crippen LogP contribution in [-0.4, -0.2) is 46.4 Å². The van der Waals surface area contributed by atoms with Gasteiger partial charge in [0.1, 0.15) is 0 Å². The van der Waals surface area contributed by atoms with E-state index >= 15 is 0 Å². The van der Waals surface area contributed by atoms with Gasteiger partial charge in [-0.05, 0) is 42.3 Å². The molecule has 2 aromatic heterocycles. The van der Waals surface area contributed by atoms with E-state index < -0.39 is 0 Å². The van der Waals surface area contributed by atoms with Crippen LogP contribution >= 0.6 is 0 Å². The Balaban J connectivity index is 1.31. The summed E-state index contributed by atoms with van der Waals surface area (Å²) in [6.45, 7) is 6.32. The van der Waals surface area contributed by atoms with Crippen molar-refractivity contribution in [3.8, 4) is 11.3 Å². The van der Waals surface area contributed by atoms with Crippen LogP contribution in [0.3, 0.4) is 0 Å². The summed E-state index contributed by atoms with van der Waals surface area (Å²) in [6.07, 6.45) is 6.76. The number of nitrogens with zero attached hydrogens (tertiary/aromatic N) is 5. The lowest BCUT2D eigenvalue weighted by atomic mass is 10.0. The molecular weight excluding hydrogens is 412 g/mol. The molecule has 0 spiro atoms. The zero-order chi connectivity index (χ0) is 22.2. The lowest BCUT2D eigenvalue weighted by molar-refractivity contribution is 0.122. The van der Waals surface area contributed by atoms with Crippen LogP contribution in [0.2, 0.25) is 0 Å². The summed E-state index contributed by atoms with van der Waals surface area (Å²) in [5.74, 6) is 0.739. The van der Waals surface area contributed by atoms with Crippen molar-refractivity contribution >= 4 is 28.6 Å². The molecule has 0 saturated carbocycles. The van der Waals surface area contributed by atoms with Gasteiger partial charge in [0.15, 0.2) is 11.5 Å². The topological polar surface area (TPSA) is 67.0 Å². The van der Waals surface area contributed by atoms with Gasteiger partial charge in [0.05, 0.1) is 25.5 Å². The number of ether oxygens (including phenoxy) is 1. The number of nitrogens with one attached hydrogen (secondary N) is 1. The van der Waals surface area contributed by atoms with Crippen molar-refractivity contribution in [3.05, 3.63) is 72.2 Å². The van der Waals surface area contributed by atoms with Crippen LogP contribution in [0.4, 0.5) is 17.2 Å². The van der Waals surface area contributed by atoms with Gasteiger partial charge < -0.3 is 19.4 Å². The first kappa shape index (κ1) is 19.9. The zero-order valence-electron chi connectivity index (χ0n) is 18.7. The Morgan fingerprint density at radius 1 is 1.06 bits per heavy atom. The van der Waals surface area contributed by atoms with Crippen LogP contribution < -0.4 is 10.2 Å². The molecule has 7 heteroatoms. The van der Waals surface area contributed by atoms with Crippen molar-refractivity contribution in [1.29, 1.82) is 0 Å². The lowest BCUT2D eigenvalue weighted by Gasteiger charge is -2.28. The molecule has 2 aliphatic rings. The minimum Gasteiger partial charge on any atom is -0.378 e. The van der Waals surface area contributed by atoms with E-state index in [-0.39, 0.29) is 0 Å². The first-order valence-electron chi connectivity index (χ1n) is 11.5. The summed E-state index contributed by atoms with van der Waals surface area (Å²) in [5.41, 5.74) is 8.71. The smallest absolute Gasteiger partial charge is 0.180 e. The predicted molar refractivity (Wildman–Crippen MR) is 132 cm³/mol. The van der Waals surface area contributed by atoms with Crippen molar-refractivity contribution in [1.82, 2.24) is 14.4 Å². The van der Waals surface area contributed by atoms with E-state index in [4.69, 9.17) is 9.72 Å². The largest absolute Gasteiger partial charge is 0.378 e. The van der Waals surface area contributed by atoms with Crippen molar-refractivity contribution in [2.75, 3.05) is 36.5 Å². The van der Waals surface area contributed by atoms with E-state index in [0.717, 1.165) is 67.7 Å². The van der Waals surface area contributed by atoms with Gasteiger partial charge in [-0.1, -0.05) is 19.1 Å². The van der Waals surface area contributed by atoms with Gasteiger partial charge in [-0.25, -0.2) is 9.97 Å². The molecule has 1 N–H and O–H groups in total. The molecule has 6 rings (SSSR count). The Bertz CT molecular complexity index is 1330. The predicted octanol–water partition coefficient (Wildman–Crippen LogP) is 4.69. The Morgan fingerprint density at radius 3 is 2.73 bits per heavy atom. The van der Waals surface area contributed by atoms with Crippen molar-refractivity contribution in [2.24, 2.45) is 4.99 Å². The minimum absolute atomic E-state index is 0.739. The molecule has 4 aromatic rings. The maximum atomic E-state index is 5.46. The molecule has 2 aliphatic heterocycles. The molecule has 0 amide bonds. The fourth-order valence-electron chi connectivity index (χ4n) is 4.60. The van der Waals surface area contributed by atoms with E-state index in [1.807, 2.05) is 16.8 Å². The number of morpholine rings is 1. The highest BCUT2D eigenvalue weighted by Gasteiger charge is 2.17. The zero-order valence-corrected chi connectivity index (χ0v) is 18.7. The van der Waals surface area contributed by atoms with Crippen LogP contribution in [0.5, 0.6) is 0 Å². The molecule has 33 heavy (non-hydrogen) atoms. The number of hydrogen-bond donors (Lipinski definition) is 1. The third-order valence-corrected chi connectivity index (χ3v) is 6.37. The van der Waals surface area contributed by atoms with E-state index in [2.05, 4.69) is 69.6 Å². The van der Waals surface area contributed by atoms with Crippen molar-refractivity contribution in [3.63, 3.8) is 0 Å². The third kappa shape index (κ3) is 3.74. The van der Waals surface area contributed by atoms with Gasteiger partial charge in [0.2, 0.25) is 0 Å². The number of hydrogen-bond acceptors (Lipinski definition) is 6. The van der Waals surface area contributed by atoms with Gasteiger partial charge in [-0.3, -0.25) is 4.99 Å². The van der Waals surface area contributed by atoms with Crippen molar-refractivity contribution < 1.29 is 4.74 Å². The standard InChI is InChI=1S/C26H26N6O/c1-2-23-22-8-3-18(15-19(22)16-28-23)24-17-32-10-9-27-26(32)25(30-24)29-20-4-6-21(7-5-20)31-11-13-33-14-12-31/h3-10,15,17H,2,11-14,16H2,1H3,(H,29,30). The van der Waals surface area contributed by atoms with E-state index in [1.165, 1.54) is 22.5 Å². The van der Waals surface area contributed by atoms with Crippen LogP contribution in [0.15, 0.2) is 66.0 Å². The molecule has 0 bridgehead atoms. The van der Waals surface area contributed by atoms with Crippen LogP contribution in [0.25, 0.3) is 16.9 Å². The maximum absolute atomic E-state index is 5.46. The summed E-state index contributed by atoms with van der Waals surface area (Å²) in [4.78, 5) is 16.5. The molecule has 7 nitrogen and oxygen atoms in total. The van der Waals surface area contributed by atoms with Gasteiger partial charge in [-0.15, -0.1) is 0 Å². The molecule has 1 saturated heterocycles. The SMILES string of the molecule is CCC1=NCc2cc(-c3cn4ccnc4c(Nc4ccc(N5CCOCC5)cc4)n3)ccc21. The number of anilines is 3. The summed E-state index contributed by atoms with van der Waals surface area (Å²) >= 11 is 0. The molecule has 0 atom stereocenters. The van der Waals surface area contributed by atoms with E-state index in [1.54, 1.807) is 6.20 Å². The maximum Gasteiger partial charge on any atom is 0.180 e. The Labute approximate surface area is 192 Å². The minimum atomic E-state index is 0.739. The number of imidazole rings is 1. The van der Waals surface area contributed by atoms with Gasteiger partial charge in [0.25, 0.3) is 0 Å². The number of aliphatic imine (C=N–C) groups is 1. The van der Waals surface area contributed by atoms with Crippen LogP contribution in [0, 0.1) is 0 Å². The molecule has 0 radical (unpaired) electrons. The average Bonchev–Trinajstić information content (AvgIpc) is 3.51. The van der Waals surface area contributed by atoms with Gasteiger partial charge in [-0.2, -0.15) is 0 Å². The summed E-state index contributed by atoms with van der Waals surface area (Å²) in [7, 11) is 0. The lowest BCUT2D eigenvalue weighted by Crippen LogP contribution is -2.36. The van der Waals surface area contributed by atoms with E-state index in [9.17, 15) is 0 Å². The first-order valence-corrected chi connectivity index (χ1v) is 11.5. The fraction of sp³-hybridized carbons (Fsp3) is 0.269. The second-order valence-electron chi connectivity index (χ2n) is 8.39.